The molecule has 0 bridgehead atoms. The molecule has 3 rings (SSSR count). The minimum atomic E-state index is -0.401. The molecule has 0 aliphatic carbocycles. The minimum absolute atomic E-state index is 0.0291. The molecule has 0 amide bonds. The van der Waals surface area contributed by atoms with E-state index in [9.17, 15) is 5.11 Å². The molecule has 110 valence electrons. The molecule has 2 heterocycles. The average molecular weight is 294 g/mol. The van der Waals surface area contributed by atoms with Crippen molar-refractivity contribution in [3.8, 4) is 5.75 Å². The summed E-state index contributed by atoms with van der Waals surface area (Å²) < 4.78 is 11.7. The van der Waals surface area contributed by atoms with Crippen LogP contribution in [0.2, 0.25) is 0 Å². The molecule has 2 aliphatic heterocycles. The number of aliphatic hydroxyl groups is 1. The van der Waals surface area contributed by atoms with Crippen LogP contribution in [0.1, 0.15) is 19.3 Å². The fourth-order valence-corrected chi connectivity index (χ4v) is 4.47. The molecule has 1 aromatic rings. The molecule has 3 nitrogen and oxygen atoms in total. The van der Waals surface area contributed by atoms with Crippen LogP contribution in [-0.2, 0) is 4.74 Å². The van der Waals surface area contributed by atoms with E-state index in [1.165, 1.54) is 5.75 Å². The van der Waals surface area contributed by atoms with E-state index in [0.29, 0.717) is 12.5 Å². The molecule has 1 aromatic carbocycles. The number of para-hydroxylation sites is 1. The highest BCUT2D eigenvalue weighted by molar-refractivity contribution is 7.99. The Balaban J connectivity index is 1.53. The van der Waals surface area contributed by atoms with Crippen molar-refractivity contribution in [2.75, 3.05) is 24.7 Å². The number of rotatable bonds is 4. The van der Waals surface area contributed by atoms with Crippen molar-refractivity contribution in [2.45, 2.75) is 31.0 Å². The molecule has 1 N–H and O–H groups in total. The zero-order chi connectivity index (χ0) is 13.8. The summed E-state index contributed by atoms with van der Waals surface area (Å²) in [5.74, 6) is 3.38. The molecule has 0 saturated carbocycles. The Bertz CT molecular complexity index is 417. The molecule has 20 heavy (non-hydrogen) atoms. The van der Waals surface area contributed by atoms with Crippen LogP contribution in [-0.4, -0.2) is 41.5 Å². The number of hydrogen-bond acceptors (Lipinski definition) is 4. The molecule has 3 atom stereocenters. The quantitative estimate of drug-likeness (QED) is 0.927. The van der Waals surface area contributed by atoms with E-state index in [2.05, 4.69) is 0 Å². The van der Waals surface area contributed by atoms with Gasteiger partial charge in [0.25, 0.3) is 0 Å². The summed E-state index contributed by atoms with van der Waals surface area (Å²) in [5, 5.41) is 10.4. The van der Waals surface area contributed by atoms with E-state index in [1.54, 1.807) is 0 Å². The van der Waals surface area contributed by atoms with Gasteiger partial charge in [-0.15, -0.1) is 0 Å². The topological polar surface area (TPSA) is 38.7 Å². The van der Waals surface area contributed by atoms with Crippen LogP contribution in [0.5, 0.6) is 5.75 Å². The third-order valence-corrected chi connectivity index (χ3v) is 5.53. The van der Waals surface area contributed by atoms with Gasteiger partial charge in [0.2, 0.25) is 0 Å². The van der Waals surface area contributed by atoms with Crippen molar-refractivity contribution < 1.29 is 14.6 Å². The molecule has 2 saturated heterocycles. The molecule has 0 radical (unpaired) electrons. The second-order valence-electron chi connectivity index (χ2n) is 5.78. The van der Waals surface area contributed by atoms with Gasteiger partial charge in [0.1, 0.15) is 12.4 Å². The summed E-state index contributed by atoms with van der Waals surface area (Å²) in [7, 11) is 0. The van der Waals surface area contributed by atoms with Gasteiger partial charge < -0.3 is 14.6 Å². The van der Waals surface area contributed by atoms with Crippen LogP contribution in [0.3, 0.4) is 0 Å². The Kier molecular flexibility index (Phi) is 4.54. The van der Waals surface area contributed by atoms with E-state index in [-0.39, 0.29) is 5.60 Å². The van der Waals surface area contributed by atoms with Gasteiger partial charge in [0, 0.05) is 12.4 Å². The van der Waals surface area contributed by atoms with Gasteiger partial charge in [-0.05, 0) is 43.1 Å². The van der Waals surface area contributed by atoms with E-state index >= 15 is 0 Å². The van der Waals surface area contributed by atoms with Crippen molar-refractivity contribution in [2.24, 2.45) is 5.92 Å². The van der Waals surface area contributed by atoms with E-state index in [1.807, 2.05) is 42.1 Å². The van der Waals surface area contributed by atoms with Gasteiger partial charge in [-0.25, -0.2) is 0 Å². The molecule has 2 fully saturated rings. The number of hydrogen-bond donors (Lipinski definition) is 1. The maximum atomic E-state index is 10.4. The third kappa shape index (κ3) is 3.30. The van der Waals surface area contributed by atoms with Crippen LogP contribution in [0.15, 0.2) is 30.3 Å². The zero-order valence-electron chi connectivity index (χ0n) is 11.7. The highest BCUT2D eigenvalue weighted by Gasteiger charge is 2.42. The predicted octanol–water partition coefficient (Wildman–Crippen LogP) is 2.73. The van der Waals surface area contributed by atoms with Crippen molar-refractivity contribution >= 4 is 11.8 Å². The lowest BCUT2D eigenvalue weighted by Crippen LogP contribution is -2.44. The van der Waals surface area contributed by atoms with Crippen LogP contribution in [0.4, 0.5) is 0 Å². The maximum absolute atomic E-state index is 10.4. The summed E-state index contributed by atoms with van der Waals surface area (Å²) in [6, 6.07) is 9.70. The number of aliphatic hydroxyl groups excluding tert-OH is 1. The monoisotopic (exact) mass is 294 g/mol. The second kappa shape index (κ2) is 6.37. The summed E-state index contributed by atoms with van der Waals surface area (Å²) in [6.07, 6.45) is 2.63. The van der Waals surface area contributed by atoms with E-state index in [0.717, 1.165) is 37.4 Å². The lowest BCUT2D eigenvalue weighted by atomic mass is 9.82. The highest BCUT2D eigenvalue weighted by Crippen LogP contribution is 2.41. The standard InChI is InChI=1S/C16H22O3S/c17-15(11-18-14-4-2-1-3-5-14)13-6-8-19-16(10-13)7-9-20-12-16/h1-5,13,15,17H,6-12H2. The van der Waals surface area contributed by atoms with E-state index in [4.69, 9.17) is 9.47 Å². The fraction of sp³-hybridized carbons (Fsp3) is 0.625. The second-order valence-corrected chi connectivity index (χ2v) is 6.88. The first-order valence-electron chi connectivity index (χ1n) is 7.35. The molecular weight excluding hydrogens is 272 g/mol. The van der Waals surface area contributed by atoms with Gasteiger partial charge in [0.05, 0.1) is 11.7 Å². The summed E-state index contributed by atoms with van der Waals surface area (Å²) in [6.45, 7) is 1.14. The Morgan fingerprint density at radius 1 is 1.40 bits per heavy atom. The van der Waals surface area contributed by atoms with Gasteiger partial charge in [-0.1, -0.05) is 18.2 Å². The van der Waals surface area contributed by atoms with Crippen LogP contribution in [0.25, 0.3) is 0 Å². The Labute approximate surface area is 124 Å². The molecule has 4 heteroatoms. The van der Waals surface area contributed by atoms with Gasteiger partial charge in [-0.2, -0.15) is 11.8 Å². The van der Waals surface area contributed by atoms with Crippen LogP contribution < -0.4 is 4.74 Å². The molecular formula is C16H22O3S. The summed E-state index contributed by atoms with van der Waals surface area (Å²) >= 11 is 1.97. The van der Waals surface area contributed by atoms with Gasteiger partial charge >= 0.3 is 0 Å². The van der Waals surface area contributed by atoms with Crippen molar-refractivity contribution in [3.05, 3.63) is 30.3 Å². The van der Waals surface area contributed by atoms with Crippen molar-refractivity contribution in [1.29, 1.82) is 0 Å². The first-order chi connectivity index (χ1) is 9.77. The number of benzene rings is 1. The fourth-order valence-electron chi connectivity index (χ4n) is 3.09. The Morgan fingerprint density at radius 3 is 3.00 bits per heavy atom. The average Bonchev–Trinajstić information content (AvgIpc) is 2.93. The Morgan fingerprint density at radius 2 is 2.25 bits per heavy atom. The third-order valence-electron chi connectivity index (χ3n) is 4.31. The molecule has 0 aromatic heterocycles. The largest absolute Gasteiger partial charge is 0.491 e. The normalized spacial score (nSPS) is 31.4. The van der Waals surface area contributed by atoms with Gasteiger partial charge in [0.15, 0.2) is 0 Å². The number of thioether (sulfide) groups is 1. The first kappa shape index (κ1) is 14.2. The predicted molar refractivity (Wildman–Crippen MR) is 81.3 cm³/mol. The van der Waals surface area contributed by atoms with Crippen molar-refractivity contribution in [3.63, 3.8) is 0 Å². The Hall–Kier alpha value is -0.710. The van der Waals surface area contributed by atoms with E-state index < -0.39 is 6.10 Å². The lowest BCUT2D eigenvalue weighted by Gasteiger charge is -2.39. The summed E-state index contributed by atoms with van der Waals surface area (Å²) in [4.78, 5) is 0. The van der Waals surface area contributed by atoms with Crippen LogP contribution in [0, 0.1) is 5.92 Å². The maximum Gasteiger partial charge on any atom is 0.119 e. The minimum Gasteiger partial charge on any atom is -0.491 e. The summed E-state index contributed by atoms with van der Waals surface area (Å²) in [5.41, 5.74) is 0.0291. The highest BCUT2D eigenvalue weighted by atomic mass is 32.2. The lowest BCUT2D eigenvalue weighted by molar-refractivity contribution is -0.105. The SMILES string of the molecule is OC(COc1ccccc1)C1CCOC2(CCSC2)C1. The number of ether oxygens (including phenoxy) is 2. The molecule has 2 aliphatic rings. The molecule has 1 spiro atoms. The van der Waals surface area contributed by atoms with Gasteiger partial charge in [-0.3, -0.25) is 0 Å². The molecule has 3 unspecified atom stereocenters. The van der Waals surface area contributed by atoms with Crippen LogP contribution >= 0.6 is 11.8 Å². The zero-order valence-corrected chi connectivity index (χ0v) is 12.5. The smallest absolute Gasteiger partial charge is 0.119 e. The first-order valence-corrected chi connectivity index (χ1v) is 8.51. The van der Waals surface area contributed by atoms with Crippen molar-refractivity contribution in [1.82, 2.24) is 0 Å².